The van der Waals surface area contributed by atoms with Crippen LogP contribution in [0.3, 0.4) is 0 Å². The van der Waals surface area contributed by atoms with Crippen molar-refractivity contribution in [3.63, 3.8) is 0 Å². The van der Waals surface area contributed by atoms with E-state index >= 15 is 0 Å². The maximum Gasteiger partial charge on any atom is 0.147 e. The number of carbonyl (C=O) groups is 2. The number of allylic oxidation sites excluding steroid dienone is 2. The Morgan fingerprint density at radius 2 is 1.28 bits per heavy atom. The zero-order chi connectivity index (χ0) is 19.0. The van der Waals surface area contributed by atoms with Gasteiger partial charge in [-0.25, -0.2) is 0 Å². The Labute approximate surface area is 169 Å². The zero-order valence-electron chi connectivity index (χ0n) is 16.1. The molecular weight excluding hydrogens is 364 g/mol. The first-order valence-corrected chi connectivity index (χ1v) is 11.3. The van der Waals surface area contributed by atoms with Crippen molar-refractivity contribution in [2.24, 2.45) is 71.0 Å². The average Bonchev–Trinajstić information content (AvgIpc) is 3.51. The average molecular weight is 388 g/mol. The lowest BCUT2D eigenvalue weighted by Crippen LogP contribution is -2.39. The van der Waals surface area contributed by atoms with E-state index in [1.807, 2.05) is 30.3 Å². The standard InChI is InChI=1S/C25H24O4/c26-23-14-11-6-7-12-13(11)16-17(14)19-20-18(16)15(12)24(27)22(20)25(21(19)23)29-9-28-8-10-4-2-1-3-5-10/h1-7,11-22,25H,8-9H2/t11-,12+,13?,14-,15-,16?,17+,18+,19-,20-,21+,22-,25?/m1/s1. The molecular formula is C25H24O4. The fraction of sp³-hybridized carbons (Fsp3) is 0.600. The van der Waals surface area contributed by atoms with Crippen LogP contribution < -0.4 is 0 Å². The molecule has 0 N–H and O–H groups in total. The van der Waals surface area contributed by atoms with Crippen molar-refractivity contribution in [3.8, 4) is 0 Å². The Morgan fingerprint density at radius 3 is 1.90 bits per heavy atom. The molecule has 8 rings (SSSR count). The summed E-state index contributed by atoms with van der Waals surface area (Å²) in [4.78, 5) is 27.1. The number of ketones is 2. The van der Waals surface area contributed by atoms with Crippen LogP contribution in [0.1, 0.15) is 5.56 Å². The van der Waals surface area contributed by atoms with Crippen molar-refractivity contribution >= 4 is 11.6 Å². The van der Waals surface area contributed by atoms with Crippen LogP contribution in [0.25, 0.3) is 0 Å². The summed E-state index contributed by atoms with van der Waals surface area (Å²) in [5.74, 6) is 5.01. The summed E-state index contributed by atoms with van der Waals surface area (Å²) in [5, 5.41) is 0. The summed E-state index contributed by atoms with van der Waals surface area (Å²) in [6.45, 7) is 0.653. The number of rotatable bonds is 5. The topological polar surface area (TPSA) is 52.6 Å². The third kappa shape index (κ3) is 1.59. The van der Waals surface area contributed by atoms with Crippen LogP contribution in [-0.4, -0.2) is 24.5 Å². The van der Waals surface area contributed by atoms with Crippen molar-refractivity contribution in [1.82, 2.24) is 0 Å². The second kappa shape index (κ2) is 5.09. The molecule has 0 heterocycles. The van der Waals surface area contributed by atoms with Crippen LogP contribution in [0.4, 0.5) is 0 Å². The molecule has 0 amide bonds. The molecule has 0 spiro atoms. The molecule has 3 unspecified atom stereocenters. The van der Waals surface area contributed by atoms with E-state index in [0.29, 0.717) is 65.5 Å². The van der Waals surface area contributed by atoms with Gasteiger partial charge in [-0.1, -0.05) is 42.5 Å². The highest BCUT2D eigenvalue weighted by atomic mass is 16.7. The van der Waals surface area contributed by atoms with Crippen LogP contribution in [0.2, 0.25) is 0 Å². The highest BCUT2D eigenvalue weighted by molar-refractivity contribution is 5.96. The van der Waals surface area contributed by atoms with E-state index in [0.717, 1.165) is 5.56 Å². The molecule has 7 aliphatic rings. The minimum Gasteiger partial charge on any atom is -0.351 e. The van der Waals surface area contributed by atoms with Gasteiger partial charge in [0.05, 0.1) is 12.7 Å². The van der Waals surface area contributed by atoms with Crippen LogP contribution in [-0.2, 0) is 25.7 Å². The Hall–Kier alpha value is -1.78. The second-order valence-corrected chi connectivity index (χ2v) is 10.5. The monoisotopic (exact) mass is 388 g/mol. The van der Waals surface area contributed by atoms with Gasteiger partial charge >= 0.3 is 0 Å². The van der Waals surface area contributed by atoms with Gasteiger partial charge in [-0.15, -0.1) is 0 Å². The predicted molar refractivity (Wildman–Crippen MR) is 102 cm³/mol. The normalized spacial score (nSPS) is 55.8. The molecule has 0 aromatic heterocycles. The minimum atomic E-state index is -0.254. The predicted octanol–water partition coefficient (Wildman–Crippen LogP) is 2.73. The molecule has 0 saturated heterocycles. The first kappa shape index (κ1) is 16.0. The summed E-state index contributed by atoms with van der Waals surface area (Å²) in [6, 6.07) is 10.0. The molecule has 1 aromatic carbocycles. The van der Waals surface area contributed by atoms with E-state index < -0.39 is 0 Å². The van der Waals surface area contributed by atoms with E-state index in [9.17, 15) is 9.59 Å². The number of carbonyl (C=O) groups excluding carboxylic acids is 2. The quantitative estimate of drug-likeness (QED) is 0.442. The molecule has 1 aromatic rings. The molecule has 4 nitrogen and oxygen atoms in total. The number of hydrogen-bond acceptors (Lipinski definition) is 4. The van der Waals surface area contributed by atoms with Gasteiger partial charge < -0.3 is 9.47 Å². The molecule has 148 valence electrons. The van der Waals surface area contributed by atoms with Crippen molar-refractivity contribution in [1.29, 1.82) is 0 Å². The molecule has 0 bridgehead atoms. The van der Waals surface area contributed by atoms with Crippen LogP contribution in [0.15, 0.2) is 42.5 Å². The molecule has 0 radical (unpaired) electrons. The van der Waals surface area contributed by atoms with Crippen molar-refractivity contribution in [2.45, 2.75) is 12.7 Å². The van der Waals surface area contributed by atoms with Gasteiger partial charge in [0.15, 0.2) is 0 Å². The van der Waals surface area contributed by atoms with Gasteiger partial charge in [0.1, 0.15) is 18.4 Å². The third-order valence-corrected chi connectivity index (χ3v) is 10.1. The number of hydrogen-bond donors (Lipinski definition) is 0. The fourth-order valence-electron chi connectivity index (χ4n) is 9.86. The molecule has 7 aliphatic carbocycles. The molecule has 4 heteroatoms. The Bertz CT molecular complexity index is 916. The van der Waals surface area contributed by atoms with Crippen molar-refractivity contribution in [3.05, 3.63) is 48.0 Å². The van der Waals surface area contributed by atoms with E-state index in [1.165, 1.54) is 0 Å². The number of ether oxygens (including phenoxy) is 2. The second-order valence-electron chi connectivity index (χ2n) is 10.5. The van der Waals surface area contributed by atoms with Gasteiger partial charge in [0.25, 0.3) is 0 Å². The van der Waals surface area contributed by atoms with Gasteiger partial charge in [-0.3, -0.25) is 9.59 Å². The molecule has 6 fully saturated rings. The van der Waals surface area contributed by atoms with Gasteiger partial charge in [-0.2, -0.15) is 0 Å². The maximum atomic E-state index is 13.6. The highest BCUT2D eigenvalue weighted by Crippen LogP contribution is 2.82. The fourth-order valence-corrected chi connectivity index (χ4v) is 9.86. The van der Waals surface area contributed by atoms with Crippen LogP contribution >= 0.6 is 0 Å². The summed E-state index contributed by atoms with van der Waals surface area (Å²) in [6.07, 6.45) is 4.37. The lowest BCUT2D eigenvalue weighted by atomic mass is 9.78. The first-order valence-electron chi connectivity index (χ1n) is 11.3. The largest absolute Gasteiger partial charge is 0.351 e. The number of benzene rings is 1. The summed E-state index contributed by atoms with van der Waals surface area (Å²) >= 11 is 0. The first-order chi connectivity index (χ1) is 14.3. The van der Waals surface area contributed by atoms with E-state index in [-0.39, 0.29) is 36.6 Å². The summed E-state index contributed by atoms with van der Waals surface area (Å²) in [5.41, 5.74) is 1.11. The number of Topliss-reactive ketones (excluding diaryl/α,β-unsaturated/α-hetero) is 2. The molecule has 6 saturated carbocycles. The van der Waals surface area contributed by atoms with Crippen molar-refractivity contribution in [2.75, 3.05) is 6.79 Å². The molecule has 0 aliphatic heterocycles. The lowest BCUT2D eigenvalue weighted by Gasteiger charge is -2.28. The Kier molecular flexibility index (Phi) is 2.81. The van der Waals surface area contributed by atoms with Gasteiger partial charge in [-0.05, 0) is 52.9 Å². The van der Waals surface area contributed by atoms with Crippen LogP contribution in [0, 0.1) is 71.0 Å². The highest BCUT2D eigenvalue weighted by Gasteiger charge is 2.85. The lowest BCUT2D eigenvalue weighted by molar-refractivity contribution is -0.149. The number of fused-ring (bicyclic) bond motifs is 2. The van der Waals surface area contributed by atoms with E-state index in [4.69, 9.17) is 9.47 Å². The maximum absolute atomic E-state index is 13.6. The summed E-state index contributed by atoms with van der Waals surface area (Å²) in [7, 11) is 0. The minimum absolute atomic E-state index is 0.0655. The third-order valence-electron chi connectivity index (χ3n) is 10.1. The van der Waals surface area contributed by atoms with Crippen LogP contribution in [0.5, 0.6) is 0 Å². The van der Waals surface area contributed by atoms with Crippen molar-refractivity contribution < 1.29 is 19.1 Å². The van der Waals surface area contributed by atoms with E-state index in [1.54, 1.807) is 0 Å². The smallest absolute Gasteiger partial charge is 0.147 e. The summed E-state index contributed by atoms with van der Waals surface area (Å²) < 4.78 is 12.0. The Balaban J connectivity index is 1.11. The SMILES string of the molecule is O=C1[C@H]2[C@H]3C4C5[C@@H](C=C[C@@H]52)[C@H]2C(=O)[C@H]5C(OCOCc6ccccc6)[C@@H]1[C@H]3[C@H]5[C@H]42. The molecule has 29 heavy (non-hydrogen) atoms. The van der Waals surface area contributed by atoms with E-state index in [2.05, 4.69) is 12.2 Å². The Morgan fingerprint density at radius 1 is 0.690 bits per heavy atom. The molecule has 13 atom stereocenters. The van der Waals surface area contributed by atoms with Gasteiger partial charge in [0.2, 0.25) is 0 Å². The van der Waals surface area contributed by atoms with Gasteiger partial charge in [0, 0.05) is 23.7 Å². The zero-order valence-corrected chi connectivity index (χ0v) is 16.1.